The zero-order valence-corrected chi connectivity index (χ0v) is 24.1. The first-order valence-electron chi connectivity index (χ1n) is 12.0. The number of hydrogen-bond acceptors (Lipinski definition) is 5. The summed E-state index contributed by atoms with van der Waals surface area (Å²) in [4.78, 5) is 17.8. The minimum Gasteiger partial charge on any atom is -0.307 e. The lowest BCUT2D eigenvalue weighted by Crippen LogP contribution is -2.60. The van der Waals surface area contributed by atoms with E-state index in [9.17, 15) is 26.6 Å². The lowest BCUT2D eigenvalue weighted by molar-refractivity contribution is -0.141. The predicted molar refractivity (Wildman–Crippen MR) is 136 cm³/mol. The van der Waals surface area contributed by atoms with Crippen molar-refractivity contribution in [1.29, 1.82) is 4.78 Å². The van der Waals surface area contributed by atoms with Gasteiger partial charge in [-0.3, -0.25) is 8.65 Å². The maximum Gasteiger partial charge on any atom is 0.433 e. The summed E-state index contributed by atoms with van der Waals surface area (Å²) in [5, 5.41) is 5.20. The number of nitrogens with zero attached hydrogens (tertiary/aromatic N) is 4. The number of aromatic nitrogens is 3. The average Bonchev–Trinajstić information content (AvgIpc) is 3.29. The molecule has 37 heavy (non-hydrogen) atoms. The first-order chi connectivity index (χ1) is 16.7. The van der Waals surface area contributed by atoms with E-state index >= 15 is 0 Å². The molecule has 0 bridgehead atoms. The molecule has 0 aromatic carbocycles. The summed E-state index contributed by atoms with van der Waals surface area (Å²) in [6, 6.07) is -1.03. The molecule has 2 heterocycles. The highest BCUT2D eigenvalue weighted by atomic mass is 32.2. The van der Waals surface area contributed by atoms with E-state index in [1.165, 1.54) is 11.6 Å². The van der Waals surface area contributed by atoms with E-state index < -0.39 is 51.9 Å². The van der Waals surface area contributed by atoms with Crippen molar-refractivity contribution >= 4 is 29.9 Å². The van der Waals surface area contributed by atoms with Gasteiger partial charge in [-0.05, 0) is 56.3 Å². The normalized spacial score (nSPS) is 17.9. The third kappa shape index (κ3) is 5.14. The number of alkyl halides is 3. The van der Waals surface area contributed by atoms with E-state index in [4.69, 9.17) is 4.78 Å². The van der Waals surface area contributed by atoms with Crippen LogP contribution in [0.5, 0.6) is 0 Å². The number of carbonyl (C=O) groups excluding carboxylic acids is 1. The van der Waals surface area contributed by atoms with Crippen LogP contribution in [-0.2, 0) is 35.5 Å². The van der Waals surface area contributed by atoms with Crippen LogP contribution in [0.4, 0.5) is 28.0 Å². The fraction of sp³-hybridized carbons (Fsp3) is 0.609. The van der Waals surface area contributed by atoms with Gasteiger partial charge in [-0.15, -0.1) is 0 Å². The monoisotopic (exact) mass is 562 g/mol. The van der Waals surface area contributed by atoms with E-state index in [0.717, 1.165) is 10.2 Å². The summed E-state index contributed by atoms with van der Waals surface area (Å²) in [7, 11) is -7.51. The van der Waals surface area contributed by atoms with Crippen LogP contribution in [0.25, 0.3) is 0 Å². The second-order valence-electron chi connectivity index (χ2n) is 11.1. The van der Waals surface area contributed by atoms with Crippen molar-refractivity contribution in [3.8, 4) is 0 Å². The van der Waals surface area contributed by atoms with Crippen LogP contribution in [0.3, 0.4) is 0 Å². The highest BCUT2D eigenvalue weighted by molar-refractivity contribution is 7.92. The van der Waals surface area contributed by atoms with Crippen LogP contribution in [0.1, 0.15) is 57.1 Å². The Hall–Kier alpha value is -2.48. The van der Waals surface area contributed by atoms with Crippen LogP contribution in [-0.4, -0.2) is 37.2 Å². The molecule has 0 radical (unpaired) electrons. The number of halogens is 4. The molecule has 0 saturated heterocycles. The zero-order chi connectivity index (χ0) is 28.3. The van der Waals surface area contributed by atoms with E-state index in [1.54, 1.807) is 20.0 Å². The average molecular weight is 563 g/mol. The maximum atomic E-state index is 14.8. The van der Waals surface area contributed by atoms with Crippen molar-refractivity contribution in [2.75, 3.05) is 5.32 Å². The second kappa shape index (κ2) is 9.36. The first-order valence-corrected chi connectivity index (χ1v) is 16.4. The summed E-state index contributed by atoms with van der Waals surface area (Å²) in [6.07, 6.45) is -3.02. The smallest absolute Gasteiger partial charge is 0.307 e. The van der Waals surface area contributed by atoms with Crippen LogP contribution in [0.15, 0.2) is 11.2 Å². The maximum absolute atomic E-state index is 14.8. The van der Waals surface area contributed by atoms with Crippen LogP contribution < -0.4 is 5.32 Å². The van der Waals surface area contributed by atoms with Gasteiger partial charge in [-0.25, -0.2) is 23.2 Å². The molecule has 206 valence electrons. The Morgan fingerprint density at radius 2 is 1.89 bits per heavy atom. The number of urea groups is 1. The molecule has 2 amide bonds. The van der Waals surface area contributed by atoms with E-state index in [-0.39, 0.29) is 29.4 Å². The Bertz CT molecular complexity index is 1330. The predicted octanol–water partition coefficient (Wildman–Crippen LogP) is 6.36. The first kappa shape index (κ1) is 29.1. The third-order valence-corrected chi connectivity index (χ3v) is 15.8. The molecule has 14 heteroatoms. The van der Waals surface area contributed by atoms with Gasteiger partial charge >= 0.3 is 12.2 Å². The number of carbonyl (C=O) groups is 1. The molecule has 0 aliphatic heterocycles. The largest absolute Gasteiger partial charge is 0.433 e. The Morgan fingerprint density at radius 1 is 1.30 bits per heavy atom. The number of aryl methyl sites for hydroxylation is 1. The van der Waals surface area contributed by atoms with E-state index in [1.807, 2.05) is 27.7 Å². The van der Waals surface area contributed by atoms with Gasteiger partial charge in [0.05, 0.1) is 11.9 Å². The number of hydrogen-bond donors (Lipinski definition) is 2. The number of nitrogens with one attached hydrogen (secondary N) is 2. The number of rotatable bonds is 5. The molecular weight excluding hydrogens is 528 g/mol. The molecule has 2 N–H and O–H groups in total. The number of fused-ring (bicyclic) bond motifs is 1. The minimum absolute atomic E-state index is 0.0185. The fourth-order valence-corrected chi connectivity index (χ4v) is 10.1. The Labute approximate surface area is 216 Å². The van der Waals surface area contributed by atoms with Gasteiger partial charge in [0.1, 0.15) is 5.69 Å². The summed E-state index contributed by atoms with van der Waals surface area (Å²) in [6.45, 7) is 13.9. The van der Waals surface area contributed by atoms with Gasteiger partial charge in [0.25, 0.3) is 0 Å². The number of pyridine rings is 1. The molecule has 3 rings (SSSR count). The summed E-state index contributed by atoms with van der Waals surface area (Å²) >= 11 is 0. The molecule has 2 unspecified atom stereocenters. The van der Waals surface area contributed by atoms with Gasteiger partial charge < -0.3 is 5.32 Å². The van der Waals surface area contributed by atoms with Crippen molar-refractivity contribution in [3.63, 3.8) is 0 Å². The van der Waals surface area contributed by atoms with Crippen molar-refractivity contribution in [3.05, 3.63) is 34.5 Å². The molecule has 2 atom stereocenters. The molecule has 0 spiro atoms. The van der Waals surface area contributed by atoms with Crippen molar-refractivity contribution < 1.29 is 26.6 Å². The van der Waals surface area contributed by atoms with Crippen LogP contribution in [0, 0.1) is 23.4 Å². The minimum atomic E-state index is -4.75. The standard InChI is InChI=1S/C23H34F4N6O2SSi/c1-9-32-12-16(24)20(31-32)36(28,35)33(37(7,8)22(4,5)6)21(34)30-18-14(3)19(23(25,26)27)29-17-11-13(2)10-15(17)18/h12-13,28H,9-11H2,1-8H3,(H,29,30,34). The molecule has 1 aliphatic carbocycles. The SMILES string of the molecule is CCn1cc(F)c(S(=N)(=O)N(C(=O)Nc2c(C)c(C(F)(F)F)nc3c2CC(C)C3)[Si](C)(C)C(C)(C)C)n1. The molecule has 8 nitrogen and oxygen atoms in total. The van der Waals surface area contributed by atoms with Gasteiger partial charge in [0, 0.05) is 17.8 Å². The molecule has 0 fully saturated rings. The Morgan fingerprint density at radius 3 is 2.38 bits per heavy atom. The topological polar surface area (TPSA) is 104 Å². The fourth-order valence-electron chi connectivity index (χ4n) is 4.33. The lowest BCUT2D eigenvalue weighted by atomic mass is 10.0. The van der Waals surface area contributed by atoms with E-state index in [2.05, 4.69) is 15.4 Å². The zero-order valence-electron chi connectivity index (χ0n) is 22.3. The molecule has 0 saturated carbocycles. The van der Waals surface area contributed by atoms with Gasteiger partial charge in [-0.2, -0.15) is 18.3 Å². The van der Waals surface area contributed by atoms with Crippen molar-refractivity contribution in [2.24, 2.45) is 5.92 Å². The lowest BCUT2D eigenvalue weighted by Gasteiger charge is -2.45. The Kier molecular flexibility index (Phi) is 7.36. The second-order valence-corrected chi connectivity index (χ2v) is 18.3. The van der Waals surface area contributed by atoms with Crippen molar-refractivity contribution in [1.82, 2.24) is 18.7 Å². The Balaban J connectivity index is 2.22. The summed E-state index contributed by atoms with van der Waals surface area (Å²) < 4.78 is 81.1. The third-order valence-electron chi connectivity index (χ3n) is 7.28. The molecular formula is C23H34F4N6O2SSi. The summed E-state index contributed by atoms with van der Waals surface area (Å²) in [5.41, 5.74) is -0.681. The quantitative estimate of drug-likeness (QED) is 0.327. The highest BCUT2D eigenvalue weighted by Crippen LogP contribution is 2.43. The molecule has 2 aromatic rings. The molecule has 1 aliphatic rings. The van der Waals surface area contributed by atoms with Crippen molar-refractivity contribution in [2.45, 2.75) is 90.3 Å². The van der Waals surface area contributed by atoms with Gasteiger partial charge in [0.15, 0.2) is 24.0 Å². The number of amides is 2. The van der Waals surface area contributed by atoms with Crippen LogP contribution in [0.2, 0.25) is 18.1 Å². The molecule has 2 aromatic heterocycles. The number of anilines is 1. The van der Waals surface area contributed by atoms with E-state index in [0.29, 0.717) is 18.4 Å². The highest BCUT2D eigenvalue weighted by Gasteiger charge is 2.50. The van der Waals surface area contributed by atoms with Gasteiger partial charge in [-0.1, -0.05) is 27.7 Å². The summed E-state index contributed by atoms with van der Waals surface area (Å²) in [5.74, 6) is -0.974. The van der Waals surface area contributed by atoms with Crippen LogP contribution >= 0.6 is 0 Å². The van der Waals surface area contributed by atoms with Gasteiger partial charge in [0.2, 0.25) is 5.03 Å².